The summed E-state index contributed by atoms with van der Waals surface area (Å²) in [5.74, 6) is 0.994. The smallest absolute Gasteiger partial charge is 0.169 e. The molecule has 0 radical (unpaired) electrons. The molecule has 0 spiro atoms. The summed E-state index contributed by atoms with van der Waals surface area (Å²) in [5, 5.41) is 0. The lowest BCUT2D eigenvalue weighted by atomic mass is 10.1. The Morgan fingerprint density at radius 3 is 3.08 bits per heavy atom. The van der Waals surface area contributed by atoms with Gasteiger partial charge < -0.3 is 9.47 Å². The van der Waals surface area contributed by atoms with Gasteiger partial charge in [0.2, 0.25) is 0 Å². The summed E-state index contributed by atoms with van der Waals surface area (Å²) < 4.78 is 23.1. The molecule has 2 rings (SSSR count). The van der Waals surface area contributed by atoms with Crippen LogP contribution in [0.3, 0.4) is 0 Å². The van der Waals surface area contributed by atoms with E-state index < -0.39 is 0 Å². The number of methoxy groups -OCH3 is 1. The molecule has 0 bridgehead atoms. The minimum atomic E-state index is -0.263. The van der Waals surface area contributed by atoms with Crippen LogP contribution in [-0.2, 0) is 0 Å². The van der Waals surface area contributed by atoms with Gasteiger partial charge in [-0.05, 0) is 12.1 Å². The van der Waals surface area contributed by atoms with Gasteiger partial charge in [-0.3, -0.25) is 0 Å². The lowest BCUT2D eigenvalue weighted by molar-refractivity contribution is 0.292. The molecule has 3 heteroatoms. The zero-order chi connectivity index (χ0) is 9.26. The summed E-state index contributed by atoms with van der Waals surface area (Å²) in [6, 6.07) is 5.38. The molecule has 1 heterocycles. The topological polar surface area (TPSA) is 18.5 Å². The molecule has 68 valence electrons. The predicted molar refractivity (Wildman–Crippen MR) is 47.6 cm³/mol. The van der Waals surface area contributed by atoms with E-state index >= 15 is 0 Å². The van der Waals surface area contributed by atoms with E-state index in [2.05, 4.69) is 0 Å². The first kappa shape index (κ1) is 8.10. The summed E-state index contributed by atoms with van der Waals surface area (Å²) >= 11 is 0. The second kappa shape index (κ2) is 3.09. The molecule has 1 aromatic rings. The third-order valence-corrected chi connectivity index (χ3v) is 1.90. The van der Waals surface area contributed by atoms with Crippen LogP contribution in [0.15, 0.2) is 24.0 Å². The molecule has 0 atom stereocenters. The fourth-order valence-corrected chi connectivity index (χ4v) is 1.31. The van der Waals surface area contributed by atoms with E-state index in [9.17, 15) is 4.39 Å². The van der Waals surface area contributed by atoms with Crippen molar-refractivity contribution < 1.29 is 13.9 Å². The molecule has 0 aliphatic carbocycles. The zero-order valence-electron chi connectivity index (χ0n) is 7.21. The van der Waals surface area contributed by atoms with E-state index in [1.807, 2.05) is 0 Å². The van der Waals surface area contributed by atoms with Crippen molar-refractivity contribution in [3.05, 3.63) is 29.6 Å². The molecule has 13 heavy (non-hydrogen) atoms. The number of rotatable bonds is 1. The summed E-state index contributed by atoms with van der Waals surface area (Å²) in [7, 11) is 1.56. The molecule has 2 nitrogen and oxygen atoms in total. The van der Waals surface area contributed by atoms with Crippen molar-refractivity contribution in [2.24, 2.45) is 0 Å². The SMILES string of the molecule is COc1cccc2c1OCC(F)=C2. The van der Waals surface area contributed by atoms with Gasteiger partial charge in [-0.15, -0.1) is 0 Å². The highest BCUT2D eigenvalue weighted by molar-refractivity contribution is 5.65. The second-order valence-corrected chi connectivity index (χ2v) is 2.76. The highest BCUT2D eigenvalue weighted by Gasteiger charge is 2.14. The summed E-state index contributed by atoms with van der Waals surface area (Å²) in [6.07, 6.45) is 1.46. The molecule has 0 aromatic heterocycles. The molecule has 0 fully saturated rings. The second-order valence-electron chi connectivity index (χ2n) is 2.76. The van der Waals surface area contributed by atoms with Gasteiger partial charge in [-0.2, -0.15) is 0 Å². The average Bonchev–Trinajstić information content (AvgIpc) is 2.16. The highest BCUT2D eigenvalue weighted by atomic mass is 19.1. The van der Waals surface area contributed by atoms with E-state index in [1.165, 1.54) is 6.08 Å². The normalized spacial score (nSPS) is 14.2. The number of hydrogen-bond acceptors (Lipinski definition) is 2. The summed E-state index contributed by atoms with van der Waals surface area (Å²) in [5.41, 5.74) is 0.725. The maximum Gasteiger partial charge on any atom is 0.169 e. The number of ether oxygens (including phenoxy) is 2. The Labute approximate surface area is 75.6 Å². The van der Waals surface area contributed by atoms with E-state index in [0.717, 1.165) is 5.56 Å². The Kier molecular flexibility index (Phi) is 1.93. The lowest BCUT2D eigenvalue weighted by Gasteiger charge is -2.16. The molecular weight excluding hydrogens is 171 g/mol. The molecule has 0 amide bonds. The molecule has 1 aromatic carbocycles. The van der Waals surface area contributed by atoms with Crippen molar-refractivity contribution in [2.45, 2.75) is 0 Å². The van der Waals surface area contributed by atoms with Gasteiger partial charge in [0, 0.05) is 5.56 Å². The van der Waals surface area contributed by atoms with Gasteiger partial charge in [-0.1, -0.05) is 12.1 Å². The van der Waals surface area contributed by atoms with Crippen molar-refractivity contribution >= 4 is 6.08 Å². The Hall–Kier alpha value is -1.51. The van der Waals surface area contributed by atoms with Crippen LogP contribution in [0, 0.1) is 0 Å². The van der Waals surface area contributed by atoms with Gasteiger partial charge >= 0.3 is 0 Å². The molecule has 0 unspecified atom stereocenters. The maximum atomic E-state index is 12.8. The van der Waals surface area contributed by atoms with Crippen molar-refractivity contribution in [1.82, 2.24) is 0 Å². The van der Waals surface area contributed by atoms with E-state index in [1.54, 1.807) is 25.3 Å². The monoisotopic (exact) mass is 180 g/mol. The number of para-hydroxylation sites is 1. The third kappa shape index (κ3) is 1.37. The zero-order valence-corrected chi connectivity index (χ0v) is 7.21. The first-order chi connectivity index (χ1) is 6.31. The molecule has 1 aliphatic heterocycles. The van der Waals surface area contributed by atoms with E-state index in [4.69, 9.17) is 9.47 Å². The predicted octanol–water partition coefficient (Wildman–Crippen LogP) is 2.40. The first-order valence-corrected chi connectivity index (χ1v) is 3.97. The van der Waals surface area contributed by atoms with Gasteiger partial charge in [-0.25, -0.2) is 4.39 Å². The van der Waals surface area contributed by atoms with Crippen LogP contribution >= 0.6 is 0 Å². The van der Waals surface area contributed by atoms with Crippen molar-refractivity contribution in [3.63, 3.8) is 0 Å². The quantitative estimate of drug-likeness (QED) is 0.660. The van der Waals surface area contributed by atoms with Crippen molar-refractivity contribution in [3.8, 4) is 11.5 Å². The Morgan fingerprint density at radius 1 is 1.46 bits per heavy atom. The molecule has 1 aliphatic rings. The minimum absolute atomic E-state index is 0.00657. The van der Waals surface area contributed by atoms with Crippen LogP contribution in [0.5, 0.6) is 11.5 Å². The van der Waals surface area contributed by atoms with Crippen molar-refractivity contribution in [1.29, 1.82) is 0 Å². The van der Waals surface area contributed by atoms with Crippen LogP contribution in [0.4, 0.5) is 4.39 Å². The van der Waals surface area contributed by atoms with Gasteiger partial charge in [0.25, 0.3) is 0 Å². The fourth-order valence-electron chi connectivity index (χ4n) is 1.31. The third-order valence-electron chi connectivity index (χ3n) is 1.90. The molecule has 0 saturated carbocycles. The van der Waals surface area contributed by atoms with E-state index in [-0.39, 0.29) is 12.4 Å². The standard InChI is InChI=1S/C10H9FO2/c1-12-9-4-2-3-7-5-8(11)6-13-10(7)9/h2-5H,6H2,1H3. The first-order valence-electron chi connectivity index (χ1n) is 3.97. The fraction of sp³-hybridized carbons (Fsp3) is 0.200. The largest absolute Gasteiger partial charge is 0.493 e. The van der Waals surface area contributed by atoms with Crippen LogP contribution in [0.2, 0.25) is 0 Å². The summed E-state index contributed by atoms with van der Waals surface area (Å²) in [4.78, 5) is 0. The Morgan fingerprint density at radius 2 is 2.31 bits per heavy atom. The average molecular weight is 180 g/mol. The van der Waals surface area contributed by atoms with Crippen molar-refractivity contribution in [2.75, 3.05) is 13.7 Å². The van der Waals surface area contributed by atoms with Crippen LogP contribution in [0.25, 0.3) is 6.08 Å². The minimum Gasteiger partial charge on any atom is -0.493 e. The maximum absolute atomic E-state index is 12.8. The Balaban J connectivity index is 2.52. The van der Waals surface area contributed by atoms with Gasteiger partial charge in [0.1, 0.15) is 12.4 Å². The van der Waals surface area contributed by atoms with Gasteiger partial charge in [0.05, 0.1) is 7.11 Å². The lowest BCUT2D eigenvalue weighted by Crippen LogP contribution is -2.05. The highest BCUT2D eigenvalue weighted by Crippen LogP contribution is 2.35. The van der Waals surface area contributed by atoms with E-state index in [0.29, 0.717) is 11.5 Å². The number of benzene rings is 1. The van der Waals surface area contributed by atoms with Crippen LogP contribution < -0.4 is 9.47 Å². The van der Waals surface area contributed by atoms with Crippen LogP contribution in [0.1, 0.15) is 5.56 Å². The van der Waals surface area contributed by atoms with Crippen LogP contribution in [-0.4, -0.2) is 13.7 Å². The van der Waals surface area contributed by atoms with Gasteiger partial charge in [0.15, 0.2) is 11.5 Å². The molecular formula is C10H9FO2. The number of fused-ring (bicyclic) bond motifs is 1. The molecule has 0 saturated heterocycles. The molecule has 0 N–H and O–H groups in total. The summed E-state index contributed by atoms with van der Waals surface area (Å²) in [6.45, 7) is -0.00657. The number of hydrogen-bond donors (Lipinski definition) is 0. The number of halogens is 1. The Bertz CT molecular complexity index is 358.